The summed E-state index contributed by atoms with van der Waals surface area (Å²) in [5.41, 5.74) is 6.99. The fourth-order valence-corrected chi connectivity index (χ4v) is 7.94. The van der Waals surface area contributed by atoms with Gasteiger partial charge in [-0.2, -0.15) is 0 Å². The minimum atomic E-state index is -0.422. The zero-order valence-electron chi connectivity index (χ0n) is 33.6. The summed E-state index contributed by atoms with van der Waals surface area (Å²) in [6, 6.07) is 21.4. The molecule has 54 heavy (non-hydrogen) atoms. The number of anilines is 2. The van der Waals surface area contributed by atoms with Gasteiger partial charge in [0.1, 0.15) is 13.3 Å². The van der Waals surface area contributed by atoms with Crippen molar-refractivity contribution in [3.8, 4) is 0 Å². The molecule has 0 aliphatic carbocycles. The third-order valence-electron chi connectivity index (χ3n) is 9.50. The highest BCUT2D eigenvalue weighted by Crippen LogP contribution is 2.24. The summed E-state index contributed by atoms with van der Waals surface area (Å²) in [6.07, 6.45) is 21.1. The van der Waals surface area contributed by atoms with E-state index in [4.69, 9.17) is 0 Å². The molecule has 0 fully saturated rings. The minimum absolute atomic E-state index is 0.219. The molecule has 3 aromatic rings. The highest BCUT2D eigenvalue weighted by molar-refractivity contribution is 8.76. The first-order chi connectivity index (χ1) is 26.1. The lowest BCUT2D eigenvalue weighted by atomic mass is 10.1. The number of aliphatic hydroxyl groups excluding tert-OH is 1. The van der Waals surface area contributed by atoms with Crippen molar-refractivity contribution in [2.75, 3.05) is 75.7 Å². The molecule has 0 saturated heterocycles. The average molecular weight is 771 g/mol. The van der Waals surface area contributed by atoms with Crippen LogP contribution in [-0.4, -0.2) is 92.9 Å². The predicted octanol–water partition coefficient (Wildman–Crippen LogP) is 8.83. The number of amides is 1. The Bertz CT molecular complexity index is 1610. The molecule has 292 valence electrons. The van der Waals surface area contributed by atoms with E-state index in [9.17, 15) is 9.90 Å². The van der Waals surface area contributed by atoms with Crippen LogP contribution in [0.25, 0.3) is 18.2 Å². The van der Waals surface area contributed by atoms with Crippen LogP contribution in [0.4, 0.5) is 11.4 Å². The molecule has 1 atom stereocenters. The minimum Gasteiger partial charge on any atom is -0.378 e. The number of pyridine rings is 1. The van der Waals surface area contributed by atoms with E-state index in [0.717, 1.165) is 80.9 Å². The van der Waals surface area contributed by atoms with Crippen molar-refractivity contribution in [3.63, 3.8) is 0 Å². The van der Waals surface area contributed by atoms with Gasteiger partial charge in [0.2, 0.25) is 5.91 Å². The van der Waals surface area contributed by atoms with E-state index in [1.807, 2.05) is 71.3 Å². The van der Waals surface area contributed by atoms with E-state index in [0.29, 0.717) is 6.42 Å². The third kappa shape index (κ3) is 17.1. The summed E-state index contributed by atoms with van der Waals surface area (Å²) in [7, 11) is 13.9. The molecule has 2 aromatic carbocycles. The van der Waals surface area contributed by atoms with Crippen LogP contribution in [0, 0.1) is 0 Å². The average Bonchev–Trinajstić information content (AvgIpc) is 3.19. The molecule has 0 spiro atoms. The topological polar surface area (TPSA) is 54.1 Å². The second-order valence-corrected chi connectivity index (χ2v) is 16.6. The maximum atomic E-state index is 12.7. The first-order valence-corrected chi connectivity index (χ1v) is 21.7. The Morgan fingerprint density at radius 3 is 1.81 bits per heavy atom. The Morgan fingerprint density at radius 2 is 1.26 bits per heavy atom. The third-order valence-corrected chi connectivity index (χ3v) is 12.1. The van der Waals surface area contributed by atoms with Crippen LogP contribution in [0.2, 0.25) is 0 Å². The lowest BCUT2D eigenvalue weighted by Gasteiger charge is -2.25. The number of carbonyl (C=O) groups is 1. The second kappa shape index (κ2) is 25.3. The highest BCUT2D eigenvalue weighted by Gasteiger charge is 2.12. The van der Waals surface area contributed by atoms with Gasteiger partial charge >= 0.3 is 0 Å². The smallest absolute Gasteiger partial charge is 0.222 e. The van der Waals surface area contributed by atoms with Gasteiger partial charge in [0, 0.05) is 88.8 Å². The Morgan fingerprint density at radius 1 is 0.741 bits per heavy atom. The summed E-state index contributed by atoms with van der Waals surface area (Å²) in [5, 5.41) is 10.7. The van der Waals surface area contributed by atoms with Gasteiger partial charge in [-0.05, 0) is 92.6 Å². The monoisotopic (exact) mass is 770 g/mol. The van der Waals surface area contributed by atoms with Crippen molar-refractivity contribution in [1.29, 1.82) is 0 Å². The molecule has 1 N–H and O–H groups in total. The fourth-order valence-electron chi connectivity index (χ4n) is 5.74. The van der Waals surface area contributed by atoms with Crippen molar-refractivity contribution in [2.24, 2.45) is 7.05 Å². The normalized spacial score (nSPS) is 12.5. The molecule has 3 rings (SSSR count). The zero-order chi connectivity index (χ0) is 39.1. The van der Waals surface area contributed by atoms with Crippen molar-refractivity contribution in [1.82, 2.24) is 9.80 Å². The van der Waals surface area contributed by atoms with E-state index < -0.39 is 6.23 Å². The number of rotatable bonds is 25. The number of allylic oxidation sites excluding steroid dienone is 4. The Hall–Kier alpha value is -3.76. The number of aromatic nitrogens is 1. The number of hydrogen-bond acceptors (Lipinski definition) is 7. The van der Waals surface area contributed by atoms with Gasteiger partial charge in [-0.25, -0.2) is 4.57 Å². The number of nitrogens with zero attached hydrogens (tertiary/aromatic N) is 5. The van der Waals surface area contributed by atoms with Crippen molar-refractivity contribution < 1.29 is 14.5 Å². The van der Waals surface area contributed by atoms with E-state index in [2.05, 4.69) is 133 Å². The number of benzene rings is 2. The number of carbonyl (C=O) groups excluding carboxylic acids is 1. The summed E-state index contributed by atoms with van der Waals surface area (Å²) < 4.78 is 2.03. The fraction of sp³-hybridized carbons (Fsp3) is 0.422. The van der Waals surface area contributed by atoms with E-state index in [1.54, 1.807) is 0 Å². The molecule has 9 heteroatoms. The second-order valence-electron chi connectivity index (χ2n) is 13.9. The molecule has 0 aliphatic rings. The van der Waals surface area contributed by atoms with Gasteiger partial charge < -0.3 is 19.8 Å². The maximum Gasteiger partial charge on any atom is 0.222 e. The predicted molar refractivity (Wildman–Crippen MR) is 238 cm³/mol. The molecule has 1 aromatic heterocycles. The molecule has 7 nitrogen and oxygen atoms in total. The van der Waals surface area contributed by atoms with Crippen molar-refractivity contribution in [2.45, 2.75) is 51.7 Å². The Balaban J connectivity index is 1.18. The number of aryl methyl sites for hydroxylation is 1. The van der Waals surface area contributed by atoms with Gasteiger partial charge in [0.05, 0.1) is 0 Å². The van der Waals surface area contributed by atoms with Crippen LogP contribution in [0.15, 0.2) is 103 Å². The molecule has 1 heterocycles. The maximum absolute atomic E-state index is 12.7. The SMILES string of the molecule is C=CC(/C=C/c1ccc(N(C)CCCN(C)C(=O)CCCSSCCCC(O)N(C)CCCN(C)c2ccc(/C=C/c3cc[n+](C)cc3)cc2)cc1)=C\C. The number of aliphatic hydroxyl groups is 1. The molecule has 0 aliphatic heterocycles. The summed E-state index contributed by atoms with van der Waals surface area (Å²) >= 11 is 0. The van der Waals surface area contributed by atoms with Gasteiger partial charge in [-0.1, -0.05) is 88.9 Å². The standard InChI is InChI=1S/C45H64N5O2S2/c1-8-38(9-2)16-17-39-20-24-42(25-21-39)47(4)30-12-32-49(6)44(51)14-10-36-53-54-37-11-15-45(52)50(7)33-13-31-48(5)43-26-22-40(23-27-43)18-19-41-28-34-46(3)35-29-41/h8-9,16-29,34-35,45,52H,1,10-15,30-33,36-37H2,2-7H3/q+1/b17-16+,38-9+. The molecule has 0 bridgehead atoms. The molecule has 1 amide bonds. The molecule has 1 unspecified atom stereocenters. The van der Waals surface area contributed by atoms with Crippen LogP contribution in [0.3, 0.4) is 0 Å². The van der Waals surface area contributed by atoms with Crippen molar-refractivity contribution >= 4 is 57.1 Å². The first-order valence-electron chi connectivity index (χ1n) is 19.2. The summed E-state index contributed by atoms with van der Waals surface area (Å²) in [5.74, 6) is 2.18. The summed E-state index contributed by atoms with van der Waals surface area (Å²) in [6.45, 7) is 9.27. The quantitative estimate of drug-likeness (QED) is 0.0304. The first kappa shape index (κ1) is 44.6. The van der Waals surface area contributed by atoms with Gasteiger partial charge in [0.25, 0.3) is 0 Å². The zero-order valence-corrected chi connectivity index (χ0v) is 35.2. The van der Waals surface area contributed by atoms with Crippen LogP contribution in [-0.2, 0) is 11.8 Å². The van der Waals surface area contributed by atoms with Gasteiger partial charge in [-0.15, -0.1) is 0 Å². The summed E-state index contributed by atoms with van der Waals surface area (Å²) in [4.78, 5) is 21.1. The van der Waals surface area contributed by atoms with Gasteiger partial charge in [0.15, 0.2) is 12.4 Å². The van der Waals surface area contributed by atoms with Gasteiger partial charge in [-0.3, -0.25) is 9.69 Å². The molecule has 0 saturated carbocycles. The molecule has 0 radical (unpaired) electrons. The Labute approximate surface area is 334 Å². The van der Waals surface area contributed by atoms with Crippen LogP contribution >= 0.6 is 21.6 Å². The van der Waals surface area contributed by atoms with Crippen LogP contribution in [0.1, 0.15) is 62.1 Å². The van der Waals surface area contributed by atoms with E-state index >= 15 is 0 Å². The lowest BCUT2D eigenvalue weighted by Crippen LogP contribution is -2.34. The van der Waals surface area contributed by atoms with Crippen molar-refractivity contribution in [3.05, 3.63) is 120 Å². The Kier molecular flexibility index (Phi) is 20.9. The van der Waals surface area contributed by atoms with Crippen LogP contribution < -0.4 is 14.4 Å². The highest BCUT2D eigenvalue weighted by atomic mass is 33.1. The molecular weight excluding hydrogens is 707 g/mol. The van der Waals surface area contributed by atoms with E-state index in [-0.39, 0.29) is 5.91 Å². The van der Waals surface area contributed by atoms with Crippen LogP contribution in [0.5, 0.6) is 0 Å². The van der Waals surface area contributed by atoms with E-state index in [1.165, 1.54) is 22.5 Å². The lowest BCUT2D eigenvalue weighted by molar-refractivity contribution is -0.671. The molecular formula is C45H64N5O2S2+. The largest absolute Gasteiger partial charge is 0.378 e. The number of hydrogen-bond donors (Lipinski definition) is 1.